The SMILES string of the molecule is CC(C)CNC(=O)CNCC1CC(F)(F)C(=O)O1. The third-order valence-corrected chi connectivity index (χ3v) is 2.42. The number of hydrogen-bond donors (Lipinski definition) is 2. The highest BCUT2D eigenvalue weighted by Crippen LogP contribution is 2.30. The number of carbonyl (C=O) groups excluding carboxylic acids is 2. The lowest BCUT2D eigenvalue weighted by Crippen LogP contribution is -2.38. The standard InChI is InChI=1S/C11H18F2N2O3/c1-7(2)4-15-9(16)6-14-5-8-3-11(12,13)10(17)18-8/h7-8,14H,3-6H2,1-2H3,(H,15,16). The van der Waals surface area contributed by atoms with E-state index in [4.69, 9.17) is 0 Å². The smallest absolute Gasteiger partial charge is 0.377 e. The molecule has 7 heteroatoms. The van der Waals surface area contributed by atoms with Crippen molar-refractivity contribution < 1.29 is 23.1 Å². The first-order valence-corrected chi connectivity index (χ1v) is 5.87. The van der Waals surface area contributed by atoms with Gasteiger partial charge in [0.2, 0.25) is 5.91 Å². The number of esters is 1. The molecule has 0 saturated carbocycles. The normalized spacial score (nSPS) is 22.1. The van der Waals surface area contributed by atoms with Gasteiger partial charge in [-0.1, -0.05) is 13.8 Å². The summed E-state index contributed by atoms with van der Waals surface area (Å²) in [7, 11) is 0. The molecule has 1 atom stereocenters. The van der Waals surface area contributed by atoms with Crippen molar-refractivity contribution >= 4 is 11.9 Å². The Bertz CT molecular complexity index is 321. The van der Waals surface area contributed by atoms with Gasteiger partial charge in [-0.05, 0) is 5.92 Å². The van der Waals surface area contributed by atoms with Gasteiger partial charge in [0.25, 0.3) is 0 Å². The molecular weight excluding hydrogens is 246 g/mol. The van der Waals surface area contributed by atoms with Crippen LogP contribution in [0.2, 0.25) is 0 Å². The van der Waals surface area contributed by atoms with E-state index < -0.39 is 24.4 Å². The molecule has 1 heterocycles. The van der Waals surface area contributed by atoms with Crippen LogP contribution in [0.15, 0.2) is 0 Å². The monoisotopic (exact) mass is 264 g/mol. The number of rotatable bonds is 6. The number of carbonyl (C=O) groups is 2. The molecule has 0 aromatic rings. The van der Waals surface area contributed by atoms with Crippen molar-refractivity contribution in [3.05, 3.63) is 0 Å². The van der Waals surface area contributed by atoms with Crippen molar-refractivity contribution in [2.24, 2.45) is 5.92 Å². The maximum atomic E-state index is 12.8. The molecule has 1 fully saturated rings. The maximum absolute atomic E-state index is 12.8. The first-order valence-electron chi connectivity index (χ1n) is 5.87. The van der Waals surface area contributed by atoms with Crippen LogP contribution < -0.4 is 10.6 Å². The topological polar surface area (TPSA) is 67.4 Å². The molecule has 1 unspecified atom stereocenters. The van der Waals surface area contributed by atoms with Crippen LogP contribution in [0.3, 0.4) is 0 Å². The van der Waals surface area contributed by atoms with Crippen LogP contribution in [-0.2, 0) is 14.3 Å². The van der Waals surface area contributed by atoms with E-state index in [-0.39, 0.29) is 19.0 Å². The van der Waals surface area contributed by atoms with Crippen LogP contribution in [0.1, 0.15) is 20.3 Å². The van der Waals surface area contributed by atoms with E-state index in [1.54, 1.807) is 0 Å². The number of hydrogen-bond acceptors (Lipinski definition) is 4. The Morgan fingerprint density at radius 2 is 2.22 bits per heavy atom. The molecule has 0 aromatic carbocycles. The summed E-state index contributed by atoms with van der Waals surface area (Å²) < 4.78 is 30.1. The van der Waals surface area contributed by atoms with Crippen molar-refractivity contribution in [1.82, 2.24) is 10.6 Å². The van der Waals surface area contributed by atoms with Crippen LogP contribution >= 0.6 is 0 Å². The van der Waals surface area contributed by atoms with Gasteiger partial charge in [-0.25, -0.2) is 4.79 Å². The van der Waals surface area contributed by atoms with E-state index >= 15 is 0 Å². The zero-order chi connectivity index (χ0) is 13.8. The van der Waals surface area contributed by atoms with E-state index in [0.29, 0.717) is 12.5 Å². The van der Waals surface area contributed by atoms with Gasteiger partial charge in [0.1, 0.15) is 6.10 Å². The van der Waals surface area contributed by atoms with Gasteiger partial charge in [0.15, 0.2) is 0 Å². The van der Waals surface area contributed by atoms with E-state index in [9.17, 15) is 18.4 Å². The summed E-state index contributed by atoms with van der Waals surface area (Å²) >= 11 is 0. The van der Waals surface area contributed by atoms with Gasteiger partial charge in [0.05, 0.1) is 13.0 Å². The lowest BCUT2D eigenvalue weighted by Gasteiger charge is -2.11. The first-order chi connectivity index (χ1) is 8.31. The Kier molecular flexibility index (Phi) is 5.01. The van der Waals surface area contributed by atoms with Gasteiger partial charge in [-0.15, -0.1) is 0 Å². The molecule has 0 bridgehead atoms. The highest BCUT2D eigenvalue weighted by Gasteiger charge is 2.50. The molecule has 0 aromatic heterocycles. The van der Waals surface area contributed by atoms with E-state index in [1.807, 2.05) is 13.8 Å². The van der Waals surface area contributed by atoms with Crippen LogP contribution in [0.4, 0.5) is 8.78 Å². The molecule has 1 aliphatic rings. The molecule has 0 spiro atoms. The lowest BCUT2D eigenvalue weighted by atomic mass is 10.2. The third-order valence-electron chi connectivity index (χ3n) is 2.42. The predicted octanol–water partition coefficient (Wildman–Crippen LogP) is 0.299. The Hall–Kier alpha value is -1.24. The fourth-order valence-corrected chi connectivity index (χ4v) is 1.49. The molecule has 104 valence electrons. The summed E-state index contributed by atoms with van der Waals surface area (Å²) in [5.74, 6) is -4.74. The fourth-order valence-electron chi connectivity index (χ4n) is 1.49. The molecular formula is C11H18F2N2O3. The van der Waals surface area contributed by atoms with Gasteiger partial charge < -0.3 is 15.4 Å². The number of amides is 1. The second-order valence-electron chi connectivity index (χ2n) is 4.76. The number of ether oxygens (including phenoxy) is 1. The number of nitrogens with one attached hydrogen (secondary N) is 2. The zero-order valence-electron chi connectivity index (χ0n) is 10.5. The van der Waals surface area contributed by atoms with Gasteiger partial charge >= 0.3 is 11.9 Å². The Labute approximate surface area is 104 Å². The molecule has 1 aliphatic heterocycles. The van der Waals surface area contributed by atoms with Crippen LogP contribution in [0.5, 0.6) is 0 Å². The first kappa shape index (κ1) is 14.8. The number of alkyl halides is 2. The molecule has 1 rings (SSSR count). The molecule has 5 nitrogen and oxygen atoms in total. The molecule has 0 aliphatic carbocycles. The summed E-state index contributed by atoms with van der Waals surface area (Å²) in [5, 5.41) is 5.36. The van der Waals surface area contributed by atoms with Crippen molar-refractivity contribution in [3.63, 3.8) is 0 Å². The van der Waals surface area contributed by atoms with Crippen molar-refractivity contribution in [2.45, 2.75) is 32.3 Å². The zero-order valence-corrected chi connectivity index (χ0v) is 10.5. The molecule has 18 heavy (non-hydrogen) atoms. The average molecular weight is 264 g/mol. The molecule has 2 N–H and O–H groups in total. The largest absolute Gasteiger partial charge is 0.456 e. The minimum atomic E-state index is -3.40. The maximum Gasteiger partial charge on any atom is 0.377 e. The Balaban J connectivity index is 2.16. The van der Waals surface area contributed by atoms with Crippen molar-refractivity contribution in [1.29, 1.82) is 0 Å². The average Bonchev–Trinajstić information content (AvgIpc) is 2.50. The summed E-state index contributed by atoms with van der Waals surface area (Å²) in [4.78, 5) is 22.0. The third kappa shape index (κ3) is 4.56. The Morgan fingerprint density at radius 1 is 1.56 bits per heavy atom. The second kappa shape index (κ2) is 6.08. The highest BCUT2D eigenvalue weighted by molar-refractivity contribution is 5.80. The number of cyclic esters (lactones) is 1. The molecule has 1 amide bonds. The van der Waals surface area contributed by atoms with Crippen LogP contribution in [0.25, 0.3) is 0 Å². The quantitative estimate of drug-likeness (QED) is 0.677. The van der Waals surface area contributed by atoms with Gasteiger partial charge in [0, 0.05) is 13.1 Å². The number of halogens is 2. The summed E-state index contributed by atoms with van der Waals surface area (Å²) in [6, 6.07) is 0. The summed E-state index contributed by atoms with van der Waals surface area (Å²) in [6.07, 6.45) is -1.50. The van der Waals surface area contributed by atoms with E-state index in [1.165, 1.54) is 0 Å². The summed E-state index contributed by atoms with van der Waals surface area (Å²) in [5.41, 5.74) is 0. The van der Waals surface area contributed by atoms with Crippen LogP contribution in [-0.4, -0.2) is 43.5 Å². The minimum absolute atomic E-state index is 0.0202. The predicted molar refractivity (Wildman–Crippen MR) is 60.2 cm³/mol. The molecule has 0 radical (unpaired) electrons. The fraction of sp³-hybridized carbons (Fsp3) is 0.818. The van der Waals surface area contributed by atoms with Gasteiger partial charge in [-0.3, -0.25) is 4.79 Å². The minimum Gasteiger partial charge on any atom is -0.456 e. The van der Waals surface area contributed by atoms with Gasteiger partial charge in [-0.2, -0.15) is 8.78 Å². The Morgan fingerprint density at radius 3 is 2.72 bits per heavy atom. The van der Waals surface area contributed by atoms with Crippen molar-refractivity contribution in [2.75, 3.05) is 19.6 Å². The van der Waals surface area contributed by atoms with Crippen molar-refractivity contribution in [3.8, 4) is 0 Å². The van der Waals surface area contributed by atoms with E-state index in [2.05, 4.69) is 15.4 Å². The lowest BCUT2D eigenvalue weighted by molar-refractivity contribution is -0.158. The summed E-state index contributed by atoms with van der Waals surface area (Å²) in [6.45, 7) is 4.57. The second-order valence-corrected chi connectivity index (χ2v) is 4.76. The molecule has 1 saturated heterocycles. The van der Waals surface area contributed by atoms with E-state index in [0.717, 1.165) is 0 Å². The van der Waals surface area contributed by atoms with Crippen LogP contribution in [0, 0.1) is 5.92 Å². The highest BCUT2D eigenvalue weighted by atomic mass is 19.3.